The van der Waals surface area contributed by atoms with E-state index in [2.05, 4.69) is 15.1 Å². The lowest BCUT2D eigenvalue weighted by atomic mass is 10.2. The van der Waals surface area contributed by atoms with Crippen molar-refractivity contribution < 1.29 is 9.53 Å². The van der Waals surface area contributed by atoms with Crippen molar-refractivity contribution in [1.82, 2.24) is 9.78 Å². The molecule has 0 aliphatic heterocycles. The Hall–Kier alpha value is -2.53. The zero-order valence-electron chi connectivity index (χ0n) is 10.9. The van der Waals surface area contributed by atoms with Crippen LogP contribution in [0.2, 0.25) is 0 Å². The number of para-hydroxylation sites is 1. The average Bonchev–Trinajstić information content (AvgIpc) is 2.72. The van der Waals surface area contributed by atoms with Gasteiger partial charge in [-0.05, 0) is 26.3 Å². The minimum Gasteiger partial charge on any atom is -0.442 e. The lowest BCUT2D eigenvalue weighted by molar-refractivity contribution is 0.0523. The molecule has 0 aliphatic rings. The van der Waals surface area contributed by atoms with Crippen molar-refractivity contribution >= 4 is 22.7 Å². The molecule has 2 aromatic rings. The number of carbonyl (C=O) groups is 1. The van der Waals surface area contributed by atoms with Crippen LogP contribution < -0.4 is 0 Å². The van der Waals surface area contributed by atoms with E-state index in [1.54, 1.807) is 39.0 Å². The van der Waals surface area contributed by atoms with Crippen molar-refractivity contribution in [3.05, 3.63) is 34.8 Å². The van der Waals surface area contributed by atoms with Crippen LogP contribution in [-0.2, 0) is 4.74 Å². The van der Waals surface area contributed by atoms with E-state index < -0.39 is 11.7 Å². The van der Waals surface area contributed by atoms with E-state index in [4.69, 9.17) is 10.3 Å². The van der Waals surface area contributed by atoms with Crippen molar-refractivity contribution in [3.8, 4) is 0 Å². The second-order valence-electron chi connectivity index (χ2n) is 4.94. The zero-order valence-corrected chi connectivity index (χ0v) is 10.9. The zero-order chi connectivity index (χ0) is 14.0. The third kappa shape index (κ3) is 2.66. The first-order valence-corrected chi connectivity index (χ1v) is 5.67. The Morgan fingerprint density at radius 2 is 2.21 bits per heavy atom. The number of nitrogens with zero attached hydrogens (tertiary/aromatic N) is 5. The van der Waals surface area contributed by atoms with E-state index >= 15 is 0 Å². The molecular formula is C12H13N5O2. The predicted octanol–water partition coefficient (Wildman–Crippen LogP) is 3.76. The highest BCUT2D eigenvalue weighted by Gasteiger charge is 2.20. The molecular weight excluding hydrogens is 246 g/mol. The minimum absolute atomic E-state index is 0.336. The van der Waals surface area contributed by atoms with Gasteiger partial charge in [0, 0.05) is 10.3 Å². The number of benzene rings is 1. The predicted molar refractivity (Wildman–Crippen MR) is 70.2 cm³/mol. The summed E-state index contributed by atoms with van der Waals surface area (Å²) in [5.74, 6) is 0. The molecule has 7 heteroatoms. The van der Waals surface area contributed by atoms with Crippen LogP contribution in [0.25, 0.3) is 21.3 Å². The Morgan fingerprint density at radius 3 is 2.84 bits per heavy atom. The molecule has 0 saturated heterocycles. The number of fused-ring (bicyclic) bond motifs is 1. The first-order chi connectivity index (χ1) is 8.92. The van der Waals surface area contributed by atoms with Crippen LogP contribution in [0, 0.1) is 0 Å². The van der Waals surface area contributed by atoms with Crippen molar-refractivity contribution in [2.75, 3.05) is 0 Å². The van der Waals surface area contributed by atoms with Crippen LogP contribution >= 0.6 is 0 Å². The molecule has 0 N–H and O–H groups in total. The molecule has 19 heavy (non-hydrogen) atoms. The SMILES string of the molecule is CC(C)(C)OC(=O)n1ncc2cccc(N=[N+]=[N-])c21. The Labute approximate surface area is 109 Å². The van der Waals surface area contributed by atoms with Crippen LogP contribution in [0.15, 0.2) is 29.5 Å². The van der Waals surface area contributed by atoms with Crippen molar-refractivity contribution in [2.45, 2.75) is 26.4 Å². The molecule has 0 fully saturated rings. The van der Waals surface area contributed by atoms with Gasteiger partial charge < -0.3 is 4.74 Å². The largest absolute Gasteiger partial charge is 0.442 e. The summed E-state index contributed by atoms with van der Waals surface area (Å²) in [4.78, 5) is 14.8. The van der Waals surface area contributed by atoms with E-state index in [-0.39, 0.29) is 0 Å². The Kier molecular flexibility index (Phi) is 3.14. The molecule has 1 aromatic carbocycles. The monoisotopic (exact) mass is 259 g/mol. The fourth-order valence-electron chi connectivity index (χ4n) is 1.63. The van der Waals surface area contributed by atoms with E-state index in [0.29, 0.717) is 16.6 Å². The van der Waals surface area contributed by atoms with Gasteiger partial charge in [-0.25, -0.2) is 4.79 Å². The molecule has 0 aliphatic carbocycles. The molecule has 0 spiro atoms. The van der Waals surface area contributed by atoms with Gasteiger partial charge in [-0.15, -0.1) is 0 Å². The lowest BCUT2D eigenvalue weighted by Gasteiger charge is -2.19. The summed E-state index contributed by atoms with van der Waals surface area (Å²) in [7, 11) is 0. The van der Waals surface area contributed by atoms with Crippen LogP contribution in [0.1, 0.15) is 20.8 Å². The highest BCUT2D eigenvalue weighted by atomic mass is 16.6. The normalized spacial score (nSPS) is 11.1. The fraction of sp³-hybridized carbons (Fsp3) is 0.333. The molecule has 0 bridgehead atoms. The summed E-state index contributed by atoms with van der Waals surface area (Å²) in [5, 5.41) is 8.24. The first kappa shape index (κ1) is 12.9. The Morgan fingerprint density at radius 1 is 1.47 bits per heavy atom. The molecule has 0 atom stereocenters. The maximum atomic E-state index is 12.0. The highest BCUT2D eigenvalue weighted by Crippen LogP contribution is 2.26. The lowest BCUT2D eigenvalue weighted by Crippen LogP contribution is -2.27. The average molecular weight is 259 g/mol. The summed E-state index contributed by atoms with van der Waals surface area (Å²) in [6, 6.07) is 5.12. The fourth-order valence-corrected chi connectivity index (χ4v) is 1.63. The van der Waals surface area contributed by atoms with Gasteiger partial charge in [0.15, 0.2) is 0 Å². The van der Waals surface area contributed by atoms with Gasteiger partial charge in [-0.1, -0.05) is 23.3 Å². The van der Waals surface area contributed by atoms with E-state index in [0.717, 1.165) is 4.68 Å². The topological polar surface area (TPSA) is 92.9 Å². The number of hydrogen-bond donors (Lipinski definition) is 0. The van der Waals surface area contributed by atoms with Crippen LogP contribution in [0.4, 0.5) is 10.5 Å². The number of aromatic nitrogens is 2. The van der Waals surface area contributed by atoms with Crippen molar-refractivity contribution in [2.24, 2.45) is 5.11 Å². The minimum atomic E-state index is -0.622. The third-order valence-electron chi connectivity index (χ3n) is 2.29. The van der Waals surface area contributed by atoms with E-state index in [9.17, 15) is 4.79 Å². The number of azide groups is 1. The molecule has 0 unspecified atom stereocenters. The summed E-state index contributed by atoms with van der Waals surface area (Å²) in [6.07, 6.45) is 0.915. The highest BCUT2D eigenvalue weighted by molar-refractivity contribution is 5.95. The first-order valence-electron chi connectivity index (χ1n) is 5.67. The second kappa shape index (κ2) is 4.62. The summed E-state index contributed by atoms with van der Waals surface area (Å²) < 4.78 is 6.35. The molecule has 98 valence electrons. The van der Waals surface area contributed by atoms with Gasteiger partial charge in [0.1, 0.15) is 5.60 Å². The Bertz CT molecular complexity index is 677. The smallest absolute Gasteiger partial charge is 0.435 e. The number of hydrogen-bond acceptors (Lipinski definition) is 4. The molecule has 1 aromatic heterocycles. The van der Waals surface area contributed by atoms with Gasteiger partial charge in [0.25, 0.3) is 0 Å². The van der Waals surface area contributed by atoms with Crippen LogP contribution in [0.5, 0.6) is 0 Å². The van der Waals surface area contributed by atoms with Crippen molar-refractivity contribution in [1.29, 1.82) is 0 Å². The van der Waals surface area contributed by atoms with Gasteiger partial charge in [0.2, 0.25) is 0 Å². The van der Waals surface area contributed by atoms with Crippen LogP contribution in [0.3, 0.4) is 0 Å². The molecule has 0 amide bonds. The maximum Gasteiger partial charge on any atom is 0.435 e. The van der Waals surface area contributed by atoms with Crippen molar-refractivity contribution in [3.63, 3.8) is 0 Å². The molecule has 0 saturated carbocycles. The third-order valence-corrected chi connectivity index (χ3v) is 2.29. The van der Waals surface area contributed by atoms with E-state index in [1.807, 2.05) is 0 Å². The van der Waals surface area contributed by atoms with Crippen LogP contribution in [-0.4, -0.2) is 21.5 Å². The standard InChI is InChI=1S/C12H13N5O2/c1-12(2,3)19-11(18)17-10-8(7-14-17)5-4-6-9(10)15-16-13/h4-7H,1-3H3. The molecule has 2 rings (SSSR count). The molecule has 0 radical (unpaired) electrons. The number of ether oxygens (including phenoxy) is 1. The quantitative estimate of drug-likeness (QED) is 0.443. The summed E-state index contributed by atoms with van der Waals surface area (Å²) >= 11 is 0. The Balaban J connectivity index is 2.55. The van der Waals surface area contributed by atoms with Gasteiger partial charge in [-0.3, -0.25) is 0 Å². The van der Waals surface area contributed by atoms with Gasteiger partial charge in [-0.2, -0.15) is 9.78 Å². The molecule has 1 heterocycles. The maximum absolute atomic E-state index is 12.0. The number of carbonyl (C=O) groups excluding carboxylic acids is 1. The molecule has 7 nitrogen and oxygen atoms in total. The van der Waals surface area contributed by atoms with Gasteiger partial charge >= 0.3 is 6.09 Å². The van der Waals surface area contributed by atoms with E-state index in [1.165, 1.54) is 6.20 Å². The second-order valence-corrected chi connectivity index (χ2v) is 4.94. The summed E-state index contributed by atoms with van der Waals surface area (Å²) in [5.41, 5.74) is 8.70. The summed E-state index contributed by atoms with van der Waals surface area (Å²) in [6.45, 7) is 5.31. The van der Waals surface area contributed by atoms with Gasteiger partial charge in [0.05, 0.1) is 17.4 Å². The number of rotatable bonds is 1.